The van der Waals surface area contributed by atoms with Crippen molar-refractivity contribution in [3.63, 3.8) is 0 Å². The summed E-state index contributed by atoms with van der Waals surface area (Å²) >= 11 is 8.22. The van der Waals surface area contributed by atoms with Gasteiger partial charge in [-0.05, 0) is 73.3 Å². The van der Waals surface area contributed by atoms with Gasteiger partial charge in [-0.2, -0.15) is 0 Å². The van der Waals surface area contributed by atoms with Crippen LogP contribution in [0, 0.1) is 5.92 Å². The zero-order valence-corrected chi connectivity index (χ0v) is 26.2. The Morgan fingerprint density at radius 2 is 1.51 bits per heavy atom. The third kappa shape index (κ3) is 8.42. The first-order valence-electron chi connectivity index (χ1n) is 15.2. The van der Waals surface area contributed by atoms with Gasteiger partial charge in [-0.15, -0.1) is 0 Å². The van der Waals surface area contributed by atoms with Crippen molar-refractivity contribution in [3.8, 4) is 5.75 Å². The molecule has 1 saturated heterocycles. The maximum Gasteiger partial charge on any atom is 0.119 e. The van der Waals surface area contributed by atoms with Crippen LogP contribution in [0.2, 0.25) is 5.02 Å². The lowest BCUT2D eigenvalue weighted by atomic mass is 9.99. The first-order chi connectivity index (χ1) is 20.0. The summed E-state index contributed by atoms with van der Waals surface area (Å²) in [7, 11) is 0. The van der Waals surface area contributed by atoms with Crippen molar-refractivity contribution in [1.29, 1.82) is 0 Å². The first-order valence-corrected chi connectivity index (χ1v) is 16.4. The van der Waals surface area contributed by atoms with Crippen molar-refractivity contribution >= 4 is 34.7 Å². The molecule has 0 aromatic heterocycles. The monoisotopic (exact) mass is 592 g/mol. The molecule has 2 aliphatic heterocycles. The Labute approximate surface area is 256 Å². The van der Waals surface area contributed by atoms with Gasteiger partial charge >= 0.3 is 0 Å². The van der Waals surface area contributed by atoms with Gasteiger partial charge in [-0.25, -0.2) is 0 Å². The van der Waals surface area contributed by atoms with Crippen LogP contribution in [-0.2, 0) is 0 Å². The molecule has 220 valence electrons. The van der Waals surface area contributed by atoms with E-state index in [0.29, 0.717) is 6.61 Å². The molecule has 0 aliphatic carbocycles. The van der Waals surface area contributed by atoms with Crippen LogP contribution in [-0.4, -0.2) is 62.2 Å². The van der Waals surface area contributed by atoms with Crippen molar-refractivity contribution in [2.45, 2.75) is 55.4 Å². The molecule has 2 aliphatic rings. The molecule has 0 bridgehead atoms. The average Bonchev–Trinajstić information content (AvgIpc) is 2.98. The number of nitrogens with two attached hydrogens (primary N) is 1. The van der Waals surface area contributed by atoms with Gasteiger partial charge in [0.15, 0.2) is 0 Å². The fourth-order valence-electron chi connectivity index (χ4n) is 5.75. The van der Waals surface area contributed by atoms with Crippen LogP contribution < -0.4 is 15.4 Å². The Morgan fingerprint density at radius 3 is 2.27 bits per heavy atom. The summed E-state index contributed by atoms with van der Waals surface area (Å²) in [5.41, 5.74) is 10.1. The van der Waals surface area contributed by atoms with E-state index in [9.17, 15) is 0 Å². The number of para-hydroxylation sites is 1. The molecule has 1 atom stereocenters. The Hall–Kier alpha value is -2.22. The number of ether oxygens (including phenoxy) is 1. The lowest BCUT2D eigenvalue weighted by Gasteiger charge is -2.36. The molecule has 0 saturated carbocycles. The molecule has 0 amide bonds. The first kappa shape index (κ1) is 30.2. The maximum atomic E-state index is 6.39. The number of rotatable bonds is 13. The highest BCUT2D eigenvalue weighted by atomic mass is 35.5. The third-order valence-electron chi connectivity index (χ3n) is 8.19. The largest absolute Gasteiger partial charge is 0.492 e. The molecule has 3 aromatic rings. The van der Waals surface area contributed by atoms with Gasteiger partial charge in [0.1, 0.15) is 12.4 Å². The topological polar surface area (TPSA) is 45.0 Å². The molecule has 1 unspecified atom stereocenters. The molecular formula is C34H45ClN4OS. The van der Waals surface area contributed by atoms with Crippen LogP contribution >= 0.6 is 23.4 Å². The fraction of sp³-hybridized carbons (Fsp3) is 0.471. The van der Waals surface area contributed by atoms with Crippen molar-refractivity contribution in [2.24, 2.45) is 11.7 Å². The minimum Gasteiger partial charge on any atom is -0.492 e. The summed E-state index contributed by atoms with van der Waals surface area (Å²) in [4.78, 5) is 10.2. The van der Waals surface area contributed by atoms with Gasteiger partial charge in [0, 0.05) is 60.1 Å². The smallest absolute Gasteiger partial charge is 0.119 e. The summed E-state index contributed by atoms with van der Waals surface area (Å²) in [6, 6.07) is 23.5. The number of fused-ring (bicyclic) bond motifs is 2. The van der Waals surface area contributed by atoms with Gasteiger partial charge in [0.2, 0.25) is 0 Å². The van der Waals surface area contributed by atoms with Crippen LogP contribution in [0.15, 0.2) is 76.5 Å². The lowest BCUT2D eigenvalue weighted by Crippen LogP contribution is -2.47. The summed E-state index contributed by atoms with van der Waals surface area (Å²) in [6.45, 7) is 12.7. The van der Waals surface area contributed by atoms with Crippen LogP contribution in [0.1, 0.15) is 51.1 Å². The molecule has 41 heavy (non-hydrogen) atoms. The van der Waals surface area contributed by atoms with Crippen molar-refractivity contribution in [1.82, 2.24) is 9.80 Å². The molecule has 2 N–H and O–H groups in total. The number of nitrogens with zero attached hydrogens (tertiary/aromatic N) is 3. The highest BCUT2D eigenvalue weighted by molar-refractivity contribution is 7.99. The lowest BCUT2D eigenvalue weighted by molar-refractivity contribution is 0.116. The van der Waals surface area contributed by atoms with Gasteiger partial charge in [0.25, 0.3) is 0 Å². The average molecular weight is 593 g/mol. The summed E-state index contributed by atoms with van der Waals surface area (Å²) in [5.74, 6) is 1.67. The highest BCUT2D eigenvalue weighted by Gasteiger charge is 2.24. The van der Waals surface area contributed by atoms with E-state index in [2.05, 4.69) is 89.2 Å². The highest BCUT2D eigenvalue weighted by Crippen LogP contribution is 2.48. The number of hydrogen-bond acceptors (Lipinski definition) is 6. The van der Waals surface area contributed by atoms with E-state index in [-0.39, 0.29) is 6.04 Å². The van der Waals surface area contributed by atoms with Gasteiger partial charge in [-0.1, -0.05) is 74.3 Å². The predicted octanol–water partition coefficient (Wildman–Crippen LogP) is 7.86. The normalized spacial score (nSPS) is 16.5. The molecule has 1 fully saturated rings. The minimum atomic E-state index is 0.114. The number of hydrogen-bond donors (Lipinski definition) is 1. The molecule has 0 radical (unpaired) electrons. The van der Waals surface area contributed by atoms with Gasteiger partial charge in [-0.3, -0.25) is 4.90 Å². The molecular weight excluding hydrogens is 548 g/mol. The Kier molecular flexibility index (Phi) is 10.9. The molecule has 2 heterocycles. The summed E-state index contributed by atoms with van der Waals surface area (Å²) in [5, 5.41) is 0.794. The standard InChI is InChI=1S/C34H45ClN4OS/c1-26(2)7-5-8-30(36)27-11-14-29(15-12-27)40-24-23-38-21-19-37(20-22-38)17-6-18-39-31-9-3-4-10-33(31)41-34-16-13-28(35)25-32(34)39/h3-4,9-16,25-26,30H,5-8,17-24,36H2,1-2H3. The minimum absolute atomic E-state index is 0.114. The van der Waals surface area contributed by atoms with E-state index < -0.39 is 0 Å². The Balaban J connectivity index is 1.01. The van der Waals surface area contributed by atoms with E-state index >= 15 is 0 Å². The predicted molar refractivity (Wildman–Crippen MR) is 174 cm³/mol. The maximum absolute atomic E-state index is 6.39. The number of piperazine rings is 1. The van der Waals surface area contributed by atoms with E-state index in [1.807, 2.05) is 17.8 Å². The van der Waals surface area contributed by atoms with E-state index in [1.54, 1.807) is 0 Å². The van der Waals surface area contributed by atoms with Gasteiger partial charge < -0.3 is 20.3 Å². The zero-order valence-electron chi connectivity index (χ0n) is 24.6. The third-order valence-corrected chi connectivity index (χ3v) is 9.56. The quantitative estimate of drug-likeness (QED) is 0.218. The number of halogens is 1. The number of benzene rings is 3. The second kappa shape index (κ2) is 14.8. The van der Waals surface area contributed by atoms with Crippen molar-refractivity contribution < 1.29 is 4.74 Å². The summed E-state index contributed by atoms with van der Waals surface area (Å²) in [6.07, 6.45) is 4.57. The van der Waals surface area contributed by atoms with E-state index in [1.165, 1.54) is 39.6 Å². The summed E-state index contributed by atoms with van der Waals surface area (Å²) < 4.78 is 6.07. The van der Waals surface area contributed by atoms with Crippen LogP contribution in [0.5, 0.6) is 5.75 Å². The van der Waals surface area contributed by atoms with E-state index in [4.69, 9.17) is 22.1 Å². The van der Waals surface area contributed by atoms with Gasteiger partial charge in [0.05, 0.1) is 11.4 Å². The van der Waals surface area contributed by atoms with Crippen LogP contribution in [0.25, 0.3) is 0 Å². The Bertz CT molecular complexity index is 1250. The molecule has 0 spiro atoms. The molecule has 7 heteroatoms. The Morgan fingerprint density at radius 1 is 0.805 bits per heavy atom. The second-order valence-corrected chi connectivity index (χ2v) is 13.2. The second-order valence-electron chi connectivity index (χ2n) is 11.7. The van der Waals surface area contributed by atoms with Crippen LogP contribution in [0.3, 0.4) is 0 Å². The molecule has 5 rings (SSSR count). The zero-order chi connectivity index (χ0) is 28.6. The SMILES string of the molecule is CC(C)CCCC(N)c1ccc(OCCN2CCN(CCCN3c4ccccc4Sc4ccc(Cl)cc43)CC2)cc1. The molecule has 3 aromatic carbocycles. The van der Waals surface area contributed by atoms with Crippen molar-refractivity contribution in [2.75, 3.05) is 57.3 Å². The fourth-order valence-corrected chi connectivity index (χ4v) is 6.99. The van der Waals surface area contributed by atoms with E-state index in [0.717, 1.165) is 75.3 Å². The van der Waals surface area contributed by atoms with Crippen molar-refractivity contribution in [3.05, 3.63) is 77.3 Å². The molecule has 5 nitrogen and oxygen atoms in total. The number of anilines is 2. The van der Waals surface area contributed by atoms with Crippen LogP contribution in [0.4, 0.5) is 11.4 Å².